The van der Waals surface area contributed by atoms with E-state index in [1.807, 2.05) is 6.07 Å². The Hall–Kier alpha value is -3.15. The Morgan fingerprint density at radius 2 is 2.08 bits per heavy atom. The van der Waals surface area contributed by atoms with E-state index in [1.54, 1.807) is 0 Å². The van der Waals surface area contributed by atoms with Gasteiger partial charge in [-0.15, -0.1) is 0 Å². The quantitative estimate of drug-likeness (QED) is 0.347. The number of anilines is 1. The van der Waals surface area contributed by atoms with Gasteiger partial charge in [0.15, 0.2) is 0 Å². The Morgan fingerprint density at radius 1 is 1.35 bits per heavy atom. The number of benzene rings is 1. The second-order valence-corrected chi connectivity index (χ2v) is 6.56. The summed E-state index contributed by atoms with van der Waals surface area (Å²) < 4.78 is 0. The predicted molar refractivity (Wildman–Crippen MR) is 92.4 cm³/mol. The van der Waals surface area contributed by atoms with Crippen LogP contribution in [0.3, 0.4) is 0 Å². The summed E-state index contributed by atoms with van der Waals surface area (Å²) in [5.41, 5.74) is -0.174. The van der Waals surface area contributed by atoms with Crippen molar-refractivity contribution in [3.05, 3.63) is 33.9 Å². The van der Waals surface area contributed by atoms with Gasteiger partial charge in [-0.1, -0.05) is 12.8 Å². The molecule has 3 rings (SSSR count). The fourth-order valence-corrected chi connectivity index (χ4v) is 3.55. The van der Waals surface area contributed by atoms with Crippen LogP contribution in [0.5, 0.6) is 0 Å². The van der Waals surface area contributed by atoms with Gasteiger partial charge in [0.05, 0.1) is 16.2 Å². The molecule has 1 aromatic rings. The van der Waals surface area contributed by atoms with E-state index in [0.29, 0.717) is 31.5 Å². The van der Waals surface area contributed by atoms with E-state index >= 15 is 0 Å². The molecular formula is C17H19N5O4. The fraction of sp³-hybridized carbons (Fsp3) is 0.471. The van der Waals surface area contributed by atoms with Crippen molar-refractivity contribution in [3.63, 3.8) is 0 Å². The molecule has 1 spiro atoms. The smallest absolute Gasteiger partial charge is 0.325 e. The third-order valence-corrected chi connectivity index (χ3v) is 4.91. The van der Waals surface area contributed by atoms with Crippen LogP contribution in [0, 0.1) is 21.4 Å². The van der Waals surface area contributed by atoms with E-state index in [2.05, 4.69) is 10.6 Å². The van der Waals surface area contributed by atoms with Gasteiger partial charge >= 0.3 is 6.03 Å². The average Bonchev–Trinajstić information content (AvgIpc) is 3.18. The van der Waals surface area contributed by atoms with Crippen LogP contribution in [0.15, 0.2) is 18.2 Å². The molecule has 0 atom stereocenters. The number of imide groups is 1. The largest absolute Gasteiger partial charge is 0.384 e. The van der Waals surface area contributed by atoms with E-state index in [4.69, 9.17) is 5.26 Å². The van der Waals surface area contributed by atoms with Gasteiger partial charge in [-0.25, -0.2) is 4.79 Å². The summed E-state index contributed by atoms with van der Waals surface area (Å²) >= 11 is 0. The Kier molecular flexibility index (Phi) is 4.75. The predicted octanol–water partition coefficient (Wildman–Crippen LogP) is 2.13. The monoisotopic (exact) mass is 357 g/mol. The van der Waals surface area contributed by atoms with Crippen molar-refractivity contribution in [1.29, 1.82) is 5.26 Å². The maximum atomic E-state index is 12.5. The van der Waals surface area contributed by atoms with Gasteiger partial charge in [-0.05, 0) is 25.3 Å². The van der Waals surface area contributed by atoms with Gasteiger partial charge in [0.2, 0.25) is 0 Å². The lowest BCUT2D eigenvalue weighted by Crippen LogP contribution is -2.44. The molecule has 2 aliphatic rings. The van der Waals surface area contributed by atoms with Crippen LogP contribution in [0.25, 0.3) is 0 Å². The van der Waals surface area contributed by atoms with Crippen LogP contribution in [0.4, 0.5) is 16.2 Å². The lowest BCUT2D eigenvalue weighted by atomic mass is 9.98. The van der Waals surface area contributed by atoms with Crippen LogP contribution in [-0.2, 0) is 4.79 Å². The maximum Gasteiger partial charge on any atom is 0.325 e. The highest BCUT2D eigenvalue weighted by molar-refractivity contribution is 6.07. The summed E-state index contributed by atoms with van der Waals surface area (Å²) in [7, 11) is 0. The van der Waals surface area contributed by atoms with Crippen molar-refractivity contribution < 1.29 is 14.5 Å². The van der Waals surface area contributed by atoms with Crippen molar-refractivity contribution in [3.8, 4) is 6.07 Å². The number of carbonyl (C=O) groups excluding carboxylic acids is 2. The number of carbonyl (C=O) groups is 2. The number of nitriles is 1. The second-order valence-electron chi connectivity index (χ2n) is 6.56. The van der Waals surface area contributed by atoms with Gasteiger partial charge in [-0.2, -0.15) is 5.26 Å². The number of amides is 3. The number of rotatable bonds is 6. The van der Waals surface area contributed by atoms with Crippen LogP contribution in [-0.4, -0.2) is 40.4 Å². The molecule has 2 N–H and O–H groups in total. The molecule has 1 aromatic carbocycles. The SMILES string of the molecule is N#Cc1cc([N+](=O)[O-])ccc1NCCCN1C(=O)NC2(CCCC2)C1=O. The highest BCUT2D eigenvalue weighted by atomic mass is 16.6. The number of nitrogens with one attached hydrogen (secondary N) is 2. The Morgan fingerprint density at radius 3 is 2.73 bits per heavy atom. The van der Waals surface area contributed by atoms with Gasteiger partial charge < -0.3 is 10.6 Å². The van der Waals surface area contributed by atoms with Crippen molar-refractivity contribution in [1.82, 2.24) is 10.2 Å². The molecule has 9 nitrogen and oxygen atoms in total. The molecule has 1 saturated carbocycles. The van der Waals surface area contributed by atoms with Gasteiger partial charge in [0, 0.05) is 25.2 Å². The van der Waals surface area contributed by atoms with Gasteiger partial charge in [-0.3, -0.25) is 19.8 Å². The minimum absolute atomic E-state index is 0.145. The summed E-state index contributed by atoms with van der Waals surface area (Å²) in [5.74, 6) is -0.145. The first kappa shape index (κ1) is 17.7. The van der Waals surface area contributed by atoms with Crippen LogP contribution < -0.4 is 10.6 Å². The van der Waals surface area contributed by atoms with E-state index in [9.17, 15) is 19.7 Å². The highest BCUT2D eigenvalue weighted by Crippen LogP contribution is 2.35. The minimum Gasteiger partial charge on any atom is -0.384 e. The van der Waals surface area contributed by atoms with Crippen molar-refractivity contribution in [2.24, 2.45) is 0 Å². The van der Waals surface area contributed by atoms with E-state index in [-0.39, 0.29) is 29.7 Å². The van der Waals surface area contributed by atoms with Crippen LogP contribution in [0.2, 0.25) is 0 Å². The number of hydrogen-bond acceptors (Lipinski definition) is 6. The summed E-state index contributed by atoms with van der Waals surface area (Å²) in [6, 6.07) is 5.60. The molecular weight excluding hydrogens is 338 g/mol. The molecule has 1 aliphatic heterocycles. The maximum absolute atomic E-state index is 12.5. The normalized spacial score (nSPS) is 18.0. The zero-order chi connectivity index (χ0) is 18.7. The number of non-ortho nitro benzene ring substituents is 1. The first-order chi connectivity index (χ1) is 12.5. The summed E-state index contributed by atoms with van der Waals surface area (Å²) in [6.45, 7) is 0.713. The van der Waals surface area contributed by atoms with E-state index in [0.717, 1.165) is 12.8 Å². The molecule has 136 valence electrons. The molecule has 0 radical (unpaired) electrons. The number of nitro groups is 1. The molecule has 9 heteroatoms. The van der Waals surface area contributed by atoms with E-state index < -0.39 is 10.5 Å². The number of urea groups is 1. The molecule has 1 aliphatic carbocycles. The highest BCUT2D eigenvalue weighted by Gasteiger charge is 2.51. The standard InChI is InChI=1S/C17H19N5O4/c18-11-12-10-13(22(25)26)4-5-14(12)19-8-3-9-21-15(23)17(20-16(21)24)6-1-2-7-17/h4-5,10,19H,1-3,6-9H2,(H,20,24). The third-order valence-electron chi connectivity index (χ3n) is 4.91. The Bertz CT molecular complexity index is 795. The lowest BCUT2D eigenvalue weighted by Gasteiger charge is -2.20. The summed E-state index contributed by atoms with van der Waals surface area (Å²) in [4.78, 5) is 36.1. The molecule has 1 heterocycles. The summed E-state index contributed by atoms with van der Waals surface area (Å²) in [5, 5.41) is 25.7. The topological polar surface area (TPSA) is 128 Å². The second kappa shape index (κ2) is 7.00. The Labute approximate surface area is 150 Å². The lowest BCUT2D eigenvalue weighted by molar-refractivity contribution is -0.384. The molecule has 2 fully saturated rings. The average molecular weight is 357 g/mol. The van der Waals surface area contributed by atoms with Crippen molar-refractivity contribution in [2.45, 2.75) is 37.6 Å². The van der Waals surface area contributed by atoms with Gasteiger partial charge in [0.25, 0.3) is 11.6 Å². The molecule has 3 amide bonds. The molecule has 26 heavy (non-hydrogen) atoms. The zero-order valence-electron chi connectivity index (χ0n) is 14.2. The zero-order valence-corrected chi connectivity index (χ0v) is 14.2. The molecule has 0 aromatic heterocycles. The number of hydrogen-bond donors (Lipinski definition) is 2. The van der Waals surface area contributed by atoms with Crippen LogP contribution >= 0.6 is 0 Å². The molecule has 1 saturated heterocycles. The van der Waals surface area contributed by atoms with E-state index in [1.165, 1.54) is 23.1 Å². The van der Waals surface area contributed by atoms with Crippen LogP contribution in [0.1, 0.15) is 37.7 Å². The molecule has 0 unspecified atom stereocenters. The fourth-order valence-electron chi connectivity index (χ4n) is 3.55. The number of nitrogens with zero attached hydrogens (tertiary/aromatic N) is 3. The minimum atomic E-state index is -0.698. The van der Waals surface area contributed by atoms with Crippen molar-refractivity contribution >= 4 is 23.3 Å². The first-order valence-corrected chi connectivity index (χ1v) is 8.53. The first-order valence-electron chi connectivity index (χ1n) is 8.53. The number of nitro benzene ring substituents is 1. The molecule has 0 bridgehead atoms. The Balaban J connectivity index is 1.55. The van der Waals surface area contributed by atoms with Crippen molar-refractivity contribution in [2.75, 3.05) is 18.4 Å². The summed E-state index contributed by atoms with van der Waals surface area (Å²) in [6.07, 6.45) is 3.79. The van der Waals surface area contributed by atoms with Gasteiger partial charge in [0.1, 0.15) is 11.6 Å². The third kappa shape index (κ3) is 3.18.